The van der Waals surface area contributed by atoms with Gasteiger partial charge in [0, 0.05) is 17.5 Å². The van der Waals surface area contributed by atoms with E-state index in [1.54, 1.807) is 12.1 Å². The Morgan fingerprint density at radius 3 is 2.46 bits per heavy atom. The molecule has 1 unspecified atom stereocenters. The van der Waals surface area contributed by atoms with E-state index in [1.165, 1.54) is 11.8 Å². The summed E-state index contributed by atoms with van der Waals surface area (Å²) in [5.74, 6) is 0.124. The second-order valence-corrected chi connectivity index (χ2v) is 6.89. The molecule has 0 spiro atoms. The molecule has 136 valence electrons. The van der Waals surface area contributed by atoms with Crippen LogP contribution in [0.5, 0.6) is 5.75 Å². The maximum atomic E-state index is 12.8. The Morgan fingerprint density at radius 1 is 1.15 bits per heavy atom. The Balaban J connectivity index is 1.81. The molecule has 2 aromatic carbocycles. The molecule has 1 N–H and O–H groups in total. The second kappa shape index (κ2) is 7.56. The van der Waals surface area contributed by atoms with E-state index in [4.69, 9.17) is 27.9 Å². The molecule has 0 fully saturated rings. The van der Waals surface area contributed by atoms with Gasteiger partial charge in [-0.15, -0.1) is 0 Å². The van der Waals surface area contributed by atoms with Gasteiger partial charge >= 0.3 is 0 Å². The molecule has 0 saturated heterocycles. The normalized spacial score (nSPS) is 15.8. The average Bonchev–Trinajstić information content (AvgIpc) is 2.86. The van der Waals surface area contributed by atoms with E-state index in [9.17, 15) is 9.59 Å². The molecule has 2 aromatic rings. The summed E-state index contributed by atoms with van der Waals surface area (Å²) in [6.45, 7) is 3.92. The van der Waals surface area contributed by atoms with E-state index < -0.39 is 6.04 Å². The van der Waals surface area contributed by atoms with Gasteiger partial charge in [-0.25, -0.2) is 0 Å². The largest absolute Gasteiger partial charge is 0.492 e. The standard InChI is InChI=1S/C19H18Cl2N2O3/c1-11-3-5-13(6-4-11)26-10-9-23-18-15(21)8-7-14(20)16(18)17(19(23)25)22-12(2)24/h3-8,17H,9-10H2,1-2H3,(H,22,24). The van der Waals surface area contributed by atoms with Crippen LogP contribution in [0.25, 0.3) is 0 Å². The van der Waals surface area contributed by atoms with Gasteiger partial charge in [-0.05, 0) is 31.2 Å². The zero-order valence-electron chi connectivity index (χ0n) is 14.4. The lowest BCUT2D eigenvalue weighted by Gasteiger charge is -2.19. The Bertz CT molecular complexity index is 853. The highest BCUT2D eigenvalue weighted by molar-refractivity contribution is 6.38. The van der Waals surface area contributed by atoms with Gasteiger partial charge in [0.15, 0.2) is 0 Å². The third-order valence-electron chi connectivity index (χ3n) is 4.14. The molecular weight excluding hydrogens is 375 g/mol. The lowest BCUT2D eigenvalue weighted by molar-refractivity contribution is -0.126. The number of carbonyl (C=O) groups excluding carboxylic acids is 2. The predicted molar refractivity (Wildman–Crippen MR) is 102 cm³/mol. The molecule has 0 bridgehead atoms. The van der Waals surface area contributed by atoms with Crippen LogP contribution in [0.15, 0.2) is 36.4 Å². The number of benzene rings is 2. The maximum Gasteiger partial charge on any atom is 0.254 e. The highest BCUT2D eigenvalue weighted by Gasteiger charge is 2.40. The van der Waals surface area contributed by atoms with E-state index >= 15 is 0 Å². The highest BCUT2D eigenvalue weighted by Crippen LogP contribution is 2.44. The summed E-state index contributed by atoms with van der Waals surface area (Å²) in [5.41, 5.74) is 2.19. The zero-order valence-corrected chi connectivity index (χ0v) is 15.9. The van der Waals surface area contributed by atoms with Crippen molar-refractivity contribution in [1.82, 2.24) is 5.32 Å². The van der Waals surface area contributed by atoms with Gasteiger partial charge in [0.2, 0.25) is 5.91 Å². The van der Waals surface area contributed by atoms with Crippen molar-refractivity contribution in [2.45, 2.75) is 19.9 Å². The molecule has 7 heteroatoms. The van der Waals surface area contributed by atoms with E-state index in [0.29, 0.717) is 21.3 Å². The lowest BCUT2D eigenvalue weighted by Crippen LogP contribution is -2.38. The number of nitrogens with one attached hydrogen (secondary N) is 1. The summed E-state index contributed by atoms with van der Waals surface area (Å²) in [5, 5.41) is 3.44. The molecule has 1 aliphatic heterocycles. The lowest BCUT2D eigenvalue weighted by atomic mass is 10.1. The number of carbonyl (C=O) groups is 2. The quantitative estimate of drug-likeness (QED) is 0.838. The van der Waals surface area contributed by atoms with Crippen LogP contribution in [0.2, 0.25) is 10.0 Å². The topological polar surface area (TPSA) is 58.6 Å². The van der Waals surface area contributed by atoms with Crippen LogP contribution >= 0.6 is 23.2 Å². The molecule has 0 saturated carbocycles. The summed E-state index contributed by atoms with van der Waals surface area (Å²) in [6.07, 6.45) is 0. The van der Waals surface area contributed by atoms with E-state index in [1.807, 2.05) is 31.2 Å². The van der Waals surface area contributed by atoms with Gasteiger partial charge in [-0.1, -0.05) is 40.9 Å². The van der Waals surface area contributed by atoms with E-state index in [2.05, 4.69) is 5.32 Å². The highest BCUT2D eigenvalue weighted by atomic mass is 35.5. The van der Waals surface area contributed by atoms with Gasteiger partial charge in [0.1, 0.15) is 18.4 Å². The van der Waals surface area contributed by atoms with Crippen LogP contribution in [-0.2, 0) is 9.59 Å². The summed E-state index contributed by atoms with van der Waals surface area (Å²) >= 11 is 12.6. The molecule has 5 nitrogen and oxygen atoms in total. The number of fused-ring (bicyclic) bond motifs is 1. The number of amides is 2. The van der Waals surface area contributed by atoms with Crippen LogP contribution in [0.3, 0.4) is 0 Å². The second-order valence-electron chi connectivity index (χ2n) is 6.08. The molecular formula is C19H18Cl2N2O3. The van der Waals surface area contributed by atoms with Crippen LogP contribution in [-0.4, -0.2) is 25.0 Å². The van der Waals surface area contributed by atoms with Crippen molar-refractivity contribution in [1.29, 1.82) is 0 Å². The van der Waals surface area contributed by atoms with Crippen molar-refractivity contribution in [3.63, 3.8) is 0 Å². The fourth-order valence-corrected chi connectivity index (χ4v) is 3.47. The number of ether oxygens (including phenoxy) is 1. The van der Waals surface area contributed by atoms with Gasteiger partial charge in [0.05, 0.1) is 17.3 Å². The number of nitrogens with zero attached hydrogens (tertiary/aromatic N) is 1. The number of anilines is 1. The minimum absolute atomic E-state index is 0.280. The third-order valence-corrected chi connectivity index (χ3v) is 4.77. The molecule has 1 aliphatic rings. The number of hydrogen-bond acceptors (Lipinski definition) is 3. The number of halogens is 2. The smallest absolute Gasteiger partial charge is 0.254 e. The Morgan fingerprint density at radius 2 is 1.81 bits per heavy atom. The van der Waals surface area contributed by atoms with Crippen molar-refractivity contribution in [3.05, 3.63) is 57.6 Å². The summed E-state index contributed by atoms with van der Waals surface area (Å²) in [7, 11) is 0. The molecule has 0 radical (unpaired) electrons. The molecule has 26 heavy (non-hydrogen) atoms. The van der Waals surface area contributed by atoms with Crippen LogP contribution in [0, 0.1) is 6.92 Å². The van der Waals surface area contributed by atoms with Gasteiger partial charge < -0.3 is 15.0 Å². The van der Waals surface area contributed by atoms with Crippen molar-refractivity contribution in [2.24, 2.45) is 0 Å². The van der Waals surface area contributed by atoms with E-state index in [-0.39, 0.29) is 25.0 Å². The minimum Gasteiger partial charge on any atom is -0.492 e. The Labute approximate surface area is 161 Å². The first kappa shape index (κ1) is 18.5. The predicted octanol–water partition coefficient (Wildman–Crippen LogP) is 3.90. The SMILES string of the molecule is CC(=O)NC1C(=O)N(CCOc2ccc(C)cc2)c2c(Cl)ccc(Cl)c21. The number of hydrogen-bond donors (Lipinski definition) is 1. The monoisotopic (exact) mass is 392 g/mol. The third kappa shape index (κ3) is 3.64. The van der Waals surface area contributed by atoms with Crippen molar-refractivity contribution < 1.29 is 14.3 Å². The van der Waals surface area contributed by atoms with Crippen molar-refractivity contribution >= 4 is 40.7 Å². The summed E-state index contributed by atoms with van der Waals surface area (Å²) in [6, 6.07) is 10.1. The molecule has 2 amide bonds. The molecule has 1 heterocycles. The van der Waals surface area contributed by atoms with Gasteiger partial charge in [-0.2, -0.15) is 0 Å². The van der Waals surface area contributed by atoms with Crippen molar-refractivity contribution in [2.75, 3.05) is 18.1 Å². The Hall–Kier alpha value is -2.24. The maximum absolute atomic E-state index is 12.8. The van der Waals surface area contributed by atoms with Gasteiger partial charge in [-0.3, -0.25) is 9.59 Å². The van der Waals surface area contributed by atoms with Crippen molar-refractivity contribution in [3.8, 4) is 5.75 Å². The molecule has 1 atom stereocenters. The average molecular weight is 393 g/mol. The van der Waals surface area contributed by atoms with Crippen LogP contribution in [0.1, 0.15) is 24.1 Å². The number of rotatable bonds is 5. The first-order chi connectivity index (χ1) is 12.4. The van der Waals surface area contributed by atoms with Gasteiger partial charge in [0.25, 0.3) is 5.91 Å². The molecule has 0 aliphatic carbocycles. The molecule has 3 rings (SSSR count). The molecule has 0 aromatic heterocycles. The minimum atomic E-state index is -0.840. The first-order valence-corrected chi connectivity index (χ1v) is 8.90. The summed E-state index contributed by atoms with van der Waals surface area (Å²) < 4.78 is 5.72. The first-order valence-electron chi connectivity index (χ1n) is 8.14. The zero-order chi connectivity index (χ0) is 18.8. The number of aryl methyl sites for hydroxylation is 1. The van der Waals surface area contributed by atoms with Crippen LogP contribution in [0.4, 0.5) is 5.69 Å². The fraction of sp³-hybridized carbons (Fsp3) is 0.263. The fourth-order valence-electron chi connectivity index (χ4n) is 2.94. The van der Waals surface area contributed by atoms with E-state index in [0.717, 1.165) is 11.3 Å². The van der Waals surface area contributed by atoms with Crippen LogP contribution < -0.4 is 15.0 Å². The summed E-state index contributed by atoms with van der Waals surface area (Å²) in [4.78, 5) is 25.8. The Kier molecular flexibility index (Phi) is 5.39.